The molecule has 2 amide bonds. The van der Waals surface area contributed by atoms with Crippen LogP contribution in [-0.2, 0) is 14.3 Å². The van der Waals surface area contributed by atoms with Gasteiger partial charge in [-0.15, -0.1) is 0 Å². The number of hydrogen-bond donors (Lipinski definition) is 1. The molecule has 20 heavy (non-hydrogen) atoms. The minimum atomic E-state index is -0.429. The van der Waals surface area contributed by atoms with Crippen LogP contribution in [0.5, 0.6) is 0 Å². The Hall–Kier alpha value is -1.10. The second kappa shape index (κ2) is 6.12. The molecule has 0 radical (unpaired) electrons. The van der Waals surface area contributed by atoms with Gasteiger partial charge in [0.15, 0.2) is 0 Å². The first kappa shape index (κ1) is 15.3. The zero-order chi connectivity index (χ0) is 14.8. The third-order valence-electron chi connectivity index (χ3n) is 4.08. The van der Waals surface area contributed by atoms with Crippen molar-refractivity contribution in [3.05, 3.63) is 0 Å². The van der Waals surface area contributed by atoms with Crippen molar-refractivity contribution in [3.8, 4) is 0 Å². The van der Waals surface area contributed by atoms with Crippen LogP contribution in [0.1, 0.15) is 46.5 Å². The van der Waals surface area contributed by atoms with Crippen LogP contribution in [0.3, 0.4) is 0 Å². The van der Waals surface area contributed by atoms with E-state index in [-0.39, 0.29) is 23.3 Å². The molecule has 2 unspecified atom stereocenters. The number of nitrogens with zero attached hydrogens (tertiary/aromatic N) is 1. The van der Waals surface area contributed by atoms with E-state index in [4.69, 9.17) is 4.74 Å². The van der Waals surface area contributed by atoms with Gasteiger partial charge in [0.05, 0.1) is 6.10 Å². The number of hydrogen-bond acceptors (Lipinski definition) is 3. The van der Waals surface area contributed by atoms with E-state index < -0.39 is 6.04 Å². The zero-order valence-corrected chi connectivity index (χ0v) is 12.8. The number of amides is 2. The van der Waals surface area contributed by atoms with Crippen LogP contribution < -0.4 is 5.32 Å². The maximum absolute atomic E-state index is 12.6. The number of carbonyl (C=O) groups is 2. The Kier molecular flexibility index (Phi) is 4.68. The van der Waals surface area contributed by atoms with Crippen molar-refractivity contribution in [2.24, 2.45) is 5.41 Å². The average molecular weight is 282 g/mol. The summed E-state index contributed by atoms with van der Waals surface area (Å²) in [5, 5.41) is 2.87. The number of carbonyl (C=O) groups excluding carboxylic acids is 2. The van der Waals surface area contributed by atoms with Gasteiger partial charge in [-0.1, -0.05) is 20.8 Å². The van der Waals surface area contributed by atoms with Gasteiger partial charge in [-0.25, -0.2) is 0 Å². The van der Waals surface area contributed by atoms with Gasteiger partial charge in [0.1, 0.15) is 6.04 Å². The van der Waals surface area contributed by atoms with Crippen molar-refractivity contribution >= 4 is 11.8 Å². The van der Waals surface area contributed by atoms with E-state index >= 15 is 0 Å². The van der Waals surface area contributed by atoms with Crippen molar-refractivity contribution in [1.29, 1.82) is 0 Å². The van der Waals surface area contributed by atoms with Gasteiger partial charge in [-0.3, -0.25) is 9.59 Å². The van der Waals surface area contributed by atoms with Gasteiger partial charge in [0.25, 0.3) is 0 Å². The lowest BCUT2D eigenvalue weighted by Crippen LogP contribution is -2.52. The van der Waals surface area contributed by atoms with Gasteiger partial charge in [-0.2, -0.15) is 0 Å². The molecule has 0 aromatic rings. The van der Waals surface area contributed by atoms with E-state index in [0.29, 0.717) is 19.5 Å². The smallest absolute Gasteiger partial charge is 0.245 e. The Morgan fingerprint density at radius 1 is 1.35 bits per heavy atom. The molecule has 2 fully saturated rings. The largest absolute Gasteiger partial charge is 0.378 e. The molecule has 1 N–H and O–H groups in total. The molecule has 2 atom stereocenters. The Morgan fingerprint density at radius 3 is 2.70 bits per heavy atom. The van der Waals surface area contributed by atoms with Gasteiger partial charge in [0.2, 0.25) is 11.8 Å². The van der Waals surface area contributed by atoms with Crippen LogP contribution in [0.15, 0.2) is 0 Å². The number of rotatable bonds is 3. The molecule has 0 saturated carbocycles. The predicted octanol–water partition coefficient (Wildman–Crippen LogP) is 1.32. The highest BCUT2D eigenvalue weighted by Crippen LogP contribution is 2.24. The predicted molar refractivity (Wildman–Crippen MR) is 76.2 cm³/mol. The van der Waals surface area contributed by atoms with Crippen molar-refractivity contribution in [2.45, 2.75) is 58.6 Å². The van der Waals surface area contributed by atoms with Crippen LogP contribution in [0.25, 0.3) is 0 Å². The third-order valence-corrected chi connectivity index (χ3v) is 4.08. The summed E-state index contributed by atoms with van der Waals surface area (Å²) < 4.78 is 5.61. The molecule has 2 rings (SSSR count). The molecule has 0 aromatic carbocycles. The minimum Gasteiger partial charge on any atom is -0.378 e. The summed E-state index contributed by atoms with van der Waals surface area (Å²) in [6, 6.07) is -0.429. The Balaban J connectivity index is 1.99. The van der Waals surface area contributed by atoms with E-state index in [2.05, 4.69) is 5.32 Å². The fourth-order valence-corrected chi connectivity index (χ4v) is 2.80. The molecule has 2 aliphatic heterocycles. The van der Waals surface area contributed by atoms with E-state index in [1.807, 2.05) is 25.7 Å². The summed E-state index contributed by atoms with van der Waals surface area (Å²) in [4.78, 5) is 26.2. The second-order valence-corrected chi connectivity index (χ2v) is 6.87. The maximum atomic E-state index is 12.6. The lowest BCUT2D eigenvalue weighted by atomic mass is 9.86. The van der Waals surface area contributed by atoms with Gasteiger partial charge in [0, 0.05) is 26.1 Å². The van der Waals surface area contributed by atoms with E-state index in [9.17, 15) is 9.59 Å². The molecule has 0 spiro atoms. The molecule has 5 heteroatoms. The van der Waals surface area contributed by atoms with Crippen molar-refractivity contribution < 1.29 is 14.3 Å². The topological polar surface area (TPSA) is 58.6 Å². The Labute approximate surface area is 121 Å². The van der Waals surface area contributed by atoms with Crippen molar-refractivity contribution in [2.75, 3.05) is 19.7 Å². The summed E-state index contributed by atoms with van der Waals surface area (Å²) >= 11 is 0. The highest BCUT2D eigenvalue weighted by molar-refractivity contribution is 5.90. The van der Waals surface area contributed by atoms with E-state index in [1.165, 1.54) is 0 Å². The summed E-state index contributed by atoms with van der Waals surface area (Å²) in [6.45, 7) is 8.00. The standard InChI is InChI=1S/C15H26N2O3/c1-15(2,3)13-14(19)17(9-7-12(18)16-13)8-6-11-5-4-10-20-11/h11,13H,4-10H2,1-3H3,(H,16,18). The van der Waals surface area contributed by atoms with Crippen LogP contribution in [0.2, 0.25) is 0 Å². The minimum absolute atomic E-state index is 0.0297. The first-order chi connectivity index (χ1) is 9.38. The highest BCUT2D eigenvalue weighted by atomic mass is 16.5. The molecule has 2 saturated heterocycles. The quantitative estimate of drug-likeness (QED) is 0.849. The molecule has 0 aliphatic carbocycles. The van der Waals surface area contributed by atoms with Crippen molar-refractivity contribution in [1.82, 2.24) is 10.2 Å². The zero-order valence-electron chi connectivity index (χ0n) is 12.8. The summed E-state index contributed by atoms with van der Waals surface area (Å²) in [7, 11) is 0. The number of ether oxygens (including phenoxy) is 1. The van der Waals surface area contributed by atoms with E-state index in [1.54, 1.807) is 0 Å². The summed E-state index contributed by atoms with van der Waals surface area (Å²) in [5.41, 5.74) is -0.265. The Morgan fingerprint density at radius 2 is 2.10 bits per heavy atom. The molecule has 0 bridgehead atoms. The van der Waals surface area contributed by atoms with Gasteiger partial charge in [-0.05, 0) is 24.7 Å². The molecule has 2 heterocycles. The van der Waals surface area contributed by atoms with Gasteiger partial charge < -0.3 is 15.0 Å². The Bertz CT molecular complexity index is 370. The van der Waals surface area contributed by atoms with Crippen molar-refractivity contribution in [3.63, 3.8) is 0 Å². The fraction of sp³-hybridized carbons (Fsp3) is 0.867. The molecule has 114 valence electrons. The first-order valence-corrected chi connectivity index (χ1v) is 7.57. The highest BCUT2D eigenvalue weighted by Gasteiger charge is 2.37. The molecular formula is C15H26N2O3. The first-order valence-electron chi connectivity index (χ1n) is 7.57. The number of nitrogens with one attached hydrogen (secondary N) is 1. The summed E-state index contributed by atoms with van der Waals surface area (Å²) in [6.07, 6.45) is 3.74. The van der Waals surface area contributed by atoms with Crippen LogP contribution in [0.4, 0.5) is 0 Å². The monoisotopic (exact) mass is 282 g/mol. The molecule has 5 nitrogen and oxygen atoms in total. The van der Waals surface area contributed by atoms with E-state index in [0.717, 1.165) is 25.9 Å². The second-order valence-electron chi connectivity index (χ2n) is 6.87. The maximum Gasteiger partial charge on any atom is 0.245 e. The SMILES string of the molecule is CC(C)(C)C1NC(=O)CCN(CCC2CCCO2)C1=O. The third kappa shape index (κ3) is 3.72. The molecule has 0 aromatic heterocycles. The summed E-state index contributed by atoms with van der Waals surface area (Å²) in [5.74, 6) is 0.0132. The normalized spacial score (nSPS) is 28.4. The molecular weight excluding hydrogens is 256 g/mol. The van der Waals surface area contributed by atoms with Crippen LogP contribution in [-0.4, -0.2) is 48.6 Å². The lowest BCUT2D eigenvalue weighted by Gasteiger charge is -2.32. The fourth-order valence-electron chi connectivity index (χ4n) is 2.80. The molecule has 2 aliphatic rings. The average Bonchev–Trinajstić information content (AvgIpc) is 2.82. The van der Waals surface area contributed by atoms with Crippen LogP contribution >= 0.6 is 0 Å². The van der Waals surface area contributed by atoms with Gasteiger partial charge >= 0.3 is 0 Å². The van der Waals surface area contributed by atoms with Crippen LogP contribution in [0, 0.1) is 5.41 Å². The lowest BCUT2D eigenvalue weighted by molar-refractivity contribution is -0.136.